The highest BCUT2D eigenvalue weighted by Crippen LogP contribution is 2.70. The molecule has 1 saturated heterocycles. The van der Waals surface area contributed by atoms with Crippen molar-refractivity contribution in [1.82, 2.24) is 0 Å². The molecular formula is C24H32O4S. The van der Waals surface area contributed by atoms with Gasteiger partial charge >= 0.3 is 5.97 Å². The molecule has 4 fully saturated rings. The Bertz CT molecular complexity index is 818. The zero-order valence-electron chi connectivity index (χ0n) is 17.8. The van der Waals surface area contributed by atoms with Gasteiger partial charge in [-0.1, -0.05) is 31.2 Å². The SMILES string of the molecule is CC(=O)SC1CC2=CC(=O)CCC2(C)C2CC[C@]3(C)[C@@H](CCC34CCC(=O)O4)C12. The highest BCUT2D eigenvalue weighted by Gasteiger charge is 2.68. The third-order valence-corrected chi connectivity index (χ3v) is 10.7. The van der Waals surface area contributed by atoms with Gasteiger partial charge < -0.3 is 4.74 Å². The zero-order valence-corrected chi connectivity index (χ0v) is 18.6. The van der Waals surface area contributed by atoms with E-state index in [2.05, 4.69) is 13.8 Å². The van der Waals surface area contributed by atoms with Crippen LogP contribution in [0.3, 0.4) is 0 Å². The molecule has 158 valence electrons. The maximum atomic E-state index is 12.2. The number of fused-ring (bicyclic) bond motifs is 6. The molecule has 5 unspecified atom stereocenters. The van der Waals surface area contributed by atoms with Crippen LogP contribution in [-0.4, -0.2) is 27.7 Å². The molecule has 5 rings (SSSR count). The molecule has 5 heteroatoms. The van der Waals surface area contributed by atoms with Gasteiger partial charge in [0, 0.05) is 30.4 Å². The Morgan fingerprint density at radius 2 is 1.83 bits per heavy atom. The Balaban J connectivity index is 1.56. The van der Waals surface area contributed by atoms with Crippen LogP contribution in [0, 0.1) is 28.6 Å². The molecule has 0 radical (unpaired) electrons. The van der Waals surface area contributed by atoms with Crippen LogP contribution in [0.5, 0.6) is 0 Å². The van der Waals surface area contributed by atoms with Gasteiger partial charge in [-0.3, -0.25) is 14.4 Å². The zero-order chi connectivity index (χ0) is 20.6. The summed E-state index contributed by atoms with van der Waals surface area (Å²) < 4.78 is 6.06. The number of esters is 1. The molecule has 5 aliphatic rings. The Kier molecular flexibility index (Phi) is 4.41. The predicted octanol–water partition coefficient (Wildman–Crippen LogP) is 4.85. The summed E-state index contributed by atoms with van der Waals surface area (Å²) in [7, 11) is 0. The van der Waals surface area contributed by atoms with Gasteiger partial charge in [0.2, 0.25) is 0 Å². The van der Waals surface area contributed by atoms with Gasteiger partial charge in [-0.05, 0) is 74.2 Å². The van der Waals surface area contributed by atoms with Crippen molar-refractivity contribution in [2.75, 3.05) is 0 Å². The second kappa shape index (κ2) is 6.45. The predicted molar refractivity (Wildman–Crippen MR) is 112 cm³/mol. The standard InChI is InChI=1S/C24H32O4S/c1-14(25)29-19-13-15-12-16(26)4-8-22(15,2)17-5-9-23(3)18(21(17)19)6-10-24(23)11-7-20(27)28-24/h12,17-19,21H,4-11,13H2,1-3H3/t17?,18-,19?,21?,22?,23+,24?/m0/s1. The normalized spacial score (nSPS) is 48.6. The van der Waals surface area contributed by atoms with Crippen molar-refractivity contribution in [3.8, 4) is 0 Å². The Morgan fingerprint density at radius 3 is 2.52 bits per heavy atom. The molecule has 0 aromatic heterocycles. The fourth-order valence-corrected chi connectivity index (χ4v) is 9.36. The largest absolute Gasteiger partial charge is 0.458 e. The van der Waals surface area contributed by atoms with E-state index in [9.17, 15) is 14.4 Å². The minimum atomic E-state index is -0.287. The molecule has 1 aliphatic heterocycles. The van der Waals surface area contributed by atoms with Crippen LogP contribution in [0.1, 0.15) is 78.6 Å². The number of ketones is 1. The number of hydrogen-bond donors (Lipinski definition) is 0. The molecule has 0 bridgehead atoms. The summed E-state index contributed by atoms with van der Waals surface area (Å²) in [4.78, 5) is 36.4. The van der Waals surface area contributed by atoms with Crippen molar-refractivity contribution < 1.29 is 19.1 Å². The van der Waals surface area contributed by atoms with E-state index >= 15 is 0 Å². The van der Waals surface area contributed by atoms with Crippen molar-refractivity contribution in [2.45, 2.75) is 89.4 Å². The highest BCUT2D eigenvalue weighted by atomic mass is 32.2. The van der Waals surface area contributed by atoms with Crippen molar-refractivity contribution in [3.63, 3.8) is 0 Å². The first-order chi connectivity index (χ1) is 13.7. The molecule has 29 heavy (non-hydrogen) atoms. The third kappa shape index (κ3) is 2.68. The number of ether oxygens (including phenoxy) is 1. The first kappa shape index (κ1) is 19.8. The van der Waals surface area contributed by atoms with Crippen molar-refractivity contribution in [2.24, 2.45) is 28.6 Å². The third-order valence-electron chi connectivity index (χ3n) is 9.61. The van der Waals surface area contributed by atoms with Crippen LogP contribution in [-0.2, 0) is 19.1 Å². The van der Waals surface area contributed by atoms with E-state index in [0.717, 1.165) is 44.9 Å². The van der Waals surface area contributed by atoms with E-state index < -0.39 is 0 Å². The van der Waals surface area contributed by atoms with E-state index in [1.54, 1.807) is 6.92 Å². The lowest BCUT2D eigenvalue weighted by molar-refractivity contribution is -0.167. The van der Waals surface area contributed by atoms with Crippen LogP contribution in [0.25, 0.3) is 0 Å². The summed E-state index contributed by atoms with van der Waals surface area (Å²) >= 11 is 1.50. The minimum Gasteiger partial charge on any atom is -0.458 e. The monoisotopic (exact) mass is 416 g/mol. The van der Waals surface area contributed by atoms with E-state index in [0.29, 0.717) is 30.6 Å². The van der Waals surface area contributed by atoms with Crippen LogP contribution >= 0.6 is 11.8 Å². The fraction of sp³-hybridized carbons (Fsp3) is 0.792. The Morgan fingerprint density at radius 1 is 1.07 bits per heavy atom. The van der Waals surface area contributed by atoms with E-state index in [-0.39, 0.29) is 38.5 Å². The second-order valence-electron chi connectivity index (χ2n) is 10.7. The maximum absolute atomic E-state index is 12.2. The van der Waals surface area contributed by atoms with E-state index in [1.807, 2.05) is 6.08 Å². The molecule has 0 aromatic rings. The lowest BCUT2D eigenvalue weighted by atomic mass is 9.46. The number of hydrogen-bond acceptors (Lipinski definition) is 5. The molecule has 3 saturated carbocycles. The van der Waals surface area contributed by atoms with E-state index in [4.69, 9.17) is 4.74 Å². The minimum absolute atomic E-state index is 0.0119. The van der Waals surface area contributed by atoms with Gasteiger partial charge in [0.25, 0.3) is 0 Å². The Hall–Kier alpha value is -1.10. The van der Waals surface area contributed by atoms with Gasteiger partial charge in [-0.2, -0.15) is 0 Å². The number of carbonyl (C=O) groups is 3. The topological polar surface area (TPSA) is 60.4 Å². The first-order valence-electron chi connectivity index (χ1n) is 11.3. The lowest BCUT2D eigenvalue weighted by Crippen LogP contribution is -2.57. The number of allylic oxidation sites excluding steroid dienone is 1. The molecule has 4 nitrogen and oxygen atoms in total. The summed E-state index contributed by atoms with van der Waals surface area (Å²) in [5, 5.41) is 0.409. The quantitative estimate of drug-likeness (QED) is 0.572. The fourth-order valence-electron chi connectivity index (χ4n) is 8.13. The molecule has 0 aromatic carbocycles. The van der Waals surface area contributed by atoms with Crippen LogP contribution in [0.4, 0.5) is 0 Å². The molecule has 4 aliphatic carbocycles. The average Bonchev–Trinajstić information content (AvgIpc) is 3.17. The summed E-state index contributed by atoms with van der Waals surface area (Å²) in [6, 6.07) is 0. The van der Waals surface area contributed by atoms with Crippen molar-refractivity contribution in [3.05, 3.63) is 11.6 Å². The van der Waals surface area contributed by atoms with Gasteiger partial charge in [0.1, 0.15) is 5.60 Å². The molecule has 1 heterocycles. The summed E-state index contributed by atoms with van der Waals surface area (Å²) in [5.74, 6) is 1.67. The molecular weight excluding hydrogens is 384 g/mol. The molecule has 0 N–H and O–H groups in total. The number of rotatable bonds is 1. The van der Waals surface area contributed by atoms with E-state index in [1.165, 1.54) is 17.3 Å². The van der Waals surface area contributed by atoms with Crippen LogP contribution < -0.4 is 0 Å². The first-order valence-corrected chi connectivity index (χ1v) is 12.2. The summed E-state index contributed by atoms with van der Waals surface area (Å²) in [6.07, 6.45) is 10.0. The molecule has 7 atom stereocenters. The summed E-state index contributed by atoms with van der Waals surface area (Å²) in [6.45, 7) is 6.42. The van der Waals surface area contributed by atoms with Gasteiger partial charge in [0.15, 0.2) is 10.9 Å². The number of carbonyl (C=O) groups excluding carboxylic acids is 3. The Labute approximate surface area is 177 Å². The van der Waals surface area contributed by atoms with Gasteiger partial charge in [-0.15, -0.1) is 0 Å². The van der Waals surface area contributed by atoms with Crippen molar-refractivity contribution in [1.29, 1.82) is 0 Å². The second-order valence-corrected chi connectivity index (χ2v) is 12.1. The average molecular weight is 417 g/mol. The molecule has 1 spiro atoms. The maximum Gasteiger partial charge on any atom is 0.306 e. The van der Waals surface area contributed by atoms with Gasteiger partial charge in [0.05, 0.1) is 0 Å². The van der Waals surface area contributed by atoms with Crippen molar-refractivity contribution >= 4 is 28.6 Å². The highest BCUT2D eigenvalue weighted by molar-refractivity contribution is 8.14. The summed E-state index contributed by atoms with van der Waals surface area (Å²) in [5.41, 5.74) is 1.09. The van der Waals surface area contributed by atoms with Crippen LogP contribution in [0.2, 0.25) is 0 Å². The molecule has 0 amide bonds. The van der Waals surface area contributed by atoms with Crippen LogP contribution in [0.15, 0.2) is 11.6 Å². The smallest absolute Gasteiger partial charge is 0.306 e. The lowest BCUT2D eigenvalue weighted by Gasteiger charge is -2.61. The van der Waals surface area contributed by atoms with Gasteiger partial charge in [-0.25, -0.2) is 0 Å². The number of thioether (sulfide) groups is 1.